The molecule has 0 radical (unpaired) electrons. The van der Waals surface area contributed by atoms with Crippen LogP contribution in [0.1, 0.15) is 33.2 Å². The summed E-state index contributed by atoms with van der Waals surface area (Å²) < 4.78 is 5.12. The molecule has 3 rings (SSSR count). The zero-order chi connectivity index (χ0) is 17.8. The lowest BCUT2D eigenvalue weighted by atomic mass is 10.1. The predicted octanol–water partition coefficient (Wildman–Crippen LogP) is 4.12. The molecule has 1 N–H and O–H groups in total. The zero-order valence-electron chi connectivity index (χ0n) is 14.5. The molecule has 0 aliphatic heterocycles. The van der Waals surface area contributed by atoms with Gasteiger partial charge in [-0.3, -0.25) is 9.89 Å². The summed E-state index contributed by atoms with van der Waals surface area (Å²) in [6, 6.07) is 15.7. The molecule has 5 nitrogen and oxygen atoms in total. The smallest absolute Gasteiger partial charge is 0.264 e. The highest BCUT2D eigenvalue weighted by Gasteiger charge is 2.22. The van der Waals surface area contributed by atoms with Crippen molar-refractivity contribution in [2.24, 2.45) is 0 Å². The van der Waals surface area contributed by atoms with E-state index in [0.717, 1.165) is 21.8 Å². The van der Waals surface area contributed by atoms with Crippen molar-refractivity contribution < 1.29 is 9.53 Å². The summed E-state index contributed by atoms with van der Waals surface area (Å²) in [5.41, 5.74) is 2.83. The third-order valence-electron chi connectivity index (χ3n) is 4.18. The molecule has 25 heavy (non-hydrogen) atoms. The van der Waals surface area contributed by atoms with Crippen LogP contribution in [0.2, 0.25) is 0 Å². The number of thiophene rings is 1. The molecule has 0 unspecified atom stereocenters. The van der Waals surface area contributed by atoms with Crippen molar-refractivity contribution in [3.63, 3.8) is 0 Å². The van der Waals surface area contributed by atoms with E-state index in [0.29, 0.717) is 11.5 Å². The van der Waals surface area contributed by atoms with E-state index >= 15 is 0 Å². The Hall–Kier alpha value is -2.44. The lowest BCUT2D eigenvalue weighted by Crippen LogP contribution is -2.29. The molecule has 0 spiro atoms. The summed E-state index contributed by atoms with van der Waals surface area (Å²) in [7, 11) is 3.46. The predicted molar refractivity (Wildman–Crippen MR) is 99.6 cm³/mol. The fourth-order valence-corrected chi connectivity index (χ4v) is 3.54. The van der Waals surface area contributed by atoms with E-state index in [1.807, 2.05) is 62.5 Å². The highest BCUT2D eigenvalue weighted by atomic mass is 32.1. The number of nitrogens with zero attached hydrogens (tertiary/aromatic N) is 2. The van der Waals surface area contributed by atoms with Gasteiger partial charge in [-0.1, -0.05) is 30.3 Å². The van der Waals surface area contributed by atoms with Gasteiger partial charge in [-0.05, 0) is 25.1 Å². The first-order chi connectivity index (χ1) is 12.1. The summed E-state index contributed by atoms with van der Waals surface area (Å²) in [4.78, 5) is 16.2. The lowest BCUT2D eigenvalue weighted by Gasteiger charge is -2.23. The zero-order valence-corrected chi connectivity index (χ0v) is 15.3. The van der Waals surface area contributed by atoms with E-state index in [1.54, 1.807) is 12.0 Å². The van der Waals surface area contributed by atoms with Crippen molar-refractivity contribution in [3.05, 3.63) is 64.0 Å². The Morgan fingerprint density at radius 3 is 2.76 bits per heavy atom. The van der Waals surface area contributed by atoms with Crippen LogP contribution in [-0.4, -0.2) is 35.2 Å². The Morgan fingerprint density at radius 1 is 1.28 bits per heavy atom. The quantitative estimate of drug-likeness (QED) is 0.724. The van der Waals surface area contributed by atoms with Crippen molar-refractivity contribution in [2.45, 2.75) is 19.6 Å². The second-order valence-electron chi connectivity index (χ2n) is 5.87. The van der Waals surface area contributed by atoms with Gasteiger partial charge in [0.15, 0.2) is 0 Å². The number of H-pyrrole nitrogens is 1. The number of carbonyl (C=O) groups excluding carboxylic acids is 1. The topological polar surface area (TPSA) is 58.2 Å². The number of carbonyl (C=O) groups is 1. The van der Waals surface area contributed by atoms with Gasteiger partial charge in [0, 0.05) is 24.6 Å². The van der Waals surface area contributed by atoms with E-state index < -0.39 is 0 Å². The Bertz CT molecular complexity index is 841. The van der Waals surface area contributed by atoms with E-state index in [-0.39, 0.29) is 11.9 Å². The average molecular weight is 355 g/mol. The normalized spacial score (nSPS) is 12.1. The van der Waals surface area contributed by atoms with Crippen LogP contribution in [0.15, 0.2) is 48.5 Å². The Kier molecular flexibility index (Phi) is 5.31. The molecule has 0 saturated heterocycles. The minimum atomic E-state index is -0.106. The maximum Gasteiger partial charge on any atom is 0.264 e. The summed E-state index contributed by atoms with van der Waals surface area (Å²) in [6.45, 7) is 2.52. The Balaban J connectivity index is 1.74. The van der Waals surface area contributed by atoms with Crippen LogP contribution in [0.5, 0.6) is 0 Å². The highest BCUT2D eigenvalue weighted by molar-refractivity contribution is 7.14. The number of aromatic nitrogens is 2. The Labute approximate surface area is 151 Å². The van der Waals surface area contributed by atoms with Gasteiger partial charge in [-0.15, -0.1) is 11.3 Å². The van der Waals surface area contributed by atoms with Crippen molar-refractivity contribution in [1.82, 2.24) is 15.1 Å². The number of hydrogen-bond acceptors (Lipinski definition) is 4. The van der Waals surface area contributed by atoms with Gasteiger partial charge < -0.3 is 9.64 Å². The molecule has 0 aliphatic rings. The van der Waals surface area contributed by atoms with Gasteiger partial charge in [-0.2, -0.15) is 5.10 Å². The molecule has 1 aromatic carbocycles. The minimum absolute atomic E-state index is 0.00397. The van der Waals surface area contributed by atoms with Crippen LogP contribution in [0, 0.1) is 0 Å². The van der Waals surface area contributed by atoms with Gasteiger partial charge in [0.1, 0.15) is 0 Å². The first-order valence-corrected chi connectivity index (χ1v) is 8.87. The number of nitrogens with one attached hydrogen (secondary N) is 1. The molecular formula is C19H21N3O2S. The van der Waals surface area contributed by atoms with Crippen molar-refractivity contribution in [3.8, 4) is 11.3 Å². The van der Waals surface area contributed by atoms with E-state index in [9.17, 15) is 4.79 Å². The van der Waals surface area contributed by atoms with E-state index in [4.69, 9.17) is 4.74 Å². The third kappa shape index (κ3) is 3.81. The number of aromatic amines is 1. The highest BCUT2D eigenvalue weighted by Crippen LogP contribution is 2.26. The van der Waals surface area contributed by atoms with Crippen LogP contribution < -0.4 is 0 Å². The van der Waals surface area contributed by atoms with Crippen LogP contribution in [0.4, 0.5) is 0 Å². The molecule has 0 fully saturated rings. The Morgan fingerprint density at radius 2 is 2.04 bits per heavy atom. The SMILES string of the molecule is COCc1ccc(C(=O)N(C)[C@H](C)c2cc(-c3ccccc3)n[nH]2)s1. The van der Waals surface area contributed by atoms with Crippen LogP contribution >= 0.6 is 11.3 Å². The maximum absolute atomic E-state index is 12.7. The van der Waals surface area contributed by atoms with Gasteiger partial charge in [-0.25, -0.2) is 0 Å². The molecule has 0 aliphatic carbocycles. The maximum atomic E-state index is 12.7. The van der Waals surface area contributed by atoms with Crippen molar-refractivity contribution in [1.29, 1.82) is 0 Å². The fraction of sp³-hybridized carbons (Fsp3) is 0.263. The van der Waals surface area contributed by atoms with Crippen LogP contribution in [-0.2, 0) is 11.3 Å². The summed E-state index contributed by atoms with van der Waals surface area (Å²) in [6.07, 6.45) is 0. The number of amides is 1. The lowest BCUT2D eigenvalue weighted by molar-refractivity contribution is 0.0744. The monoisotopic (exact) mass is 355 g/mol. The second kappa shape index (κ2) is 7.63. The van der Waals surface area contributed by atoms with E-state index in [2.05, 4.69) is 10.2 Å². The van der Waals surface area contributed by atoms with Crippen molar-refractivity contribution in [2.75, 3.05) is 14.2 Å². The summed E-state index contributed by atoms with van der Waals surface area (Å²) in [5, 5.41) is 7.43. The van der Waals surface area contributed by atoms with Gasteiger partial charge in [0.2, 0.25) is 0 Å². The fourth-order valence-electron chi connectivity index (χ4n) is 2.58. The first kappa shape index (κ1) is 17.4. The molecule has 0 bridgehead atoms. The third-order valence-corrected chi connectivity index (χ3v) is 5.22. The van der Waals surface area contributed by atoms with Crippen LogP contribution in [0.3, 0.4) is 0 Å². The molecule has 130 valence electrons. The van der Waals surface area contributed by atoms with Crippen molar-refractivity contribution >= 4 is 17.2 Å². The minimum Gasteiger partial charge on any atom is -0.379 e. The molecule has 1 atom stereocenters. The number of rotatable bonds is 6. The molecule has 1 amide bonds. The summed E-state index contributed by atoms with van der Waals surface area (Å²) >= 11 is 1.47. The number of benzene rings is 1. The van der Waals surface area contributed by atoms with Gasteiger partial charge in [0.05, 0.1) is 28.9 Å². The van der Waals surface area contributed by atoms with Crippen LogP contribution in [0.25, 0.3) is 11.3 Å². The molecule has 6 heteroatoms. The molecule has 0 saturated carbocycles. The largest absolute Gasteiger partial charge is 0.379 e. The second-order valence-corrected chi connectivity index (χ2v) is 7.03. The first-order valence-electron chi connectivity index (χ1n) is 8.05. The number of ether oxygens (including phenoxy) is 1. The number of hydrogen-bond donors (Lipinski definition) is 1. The molecule has 2 heterocycles. The summed E-state index contributed by atoms with van der Waals surface area (Å²) in [5.74, 6) is -0.00397. The van der Waals surface area contributed by atoms with Gasteiger partial charge >= 0.3 is 0 Å². The number of methoxy groups -OCH3 is 1. The average Bonchev–Trinajstić information content (AvgIpc) is 3.31. The molecule has 2 aromatic heterocycles. The standard InChI is InChI=1S/C19H21N3O2S/c1-13(16-11-17(21-20-16)14-7-5-4-6-8-14)22(2)19(23)18-10-9-15(25-18)12-24-3/h4-11,13H,12H2,1-3H3,(H,20,21)/t13-/m1/s1. The van der Waals surface area contributed by atoms with Gasteiger partial charge in [0.25, 0.3) is 5.91 Å². The molecule has 3 aromatic rings. The van der Waals surface area contributed by atoms with E-state index in [1.165, 1.54) is 11.3 Å². The molecular weight excluding hydrogens is 334 g/mol.